The lowest BCUT2D eigenvalue weighted by Gasteiger charge is -2.37. The van der Waals surface area contributed by atoms with Crippen LogP contribution in [-0.4, -0.2) is 60.4 Å². The van der Waals surface area contributed by atoms with Crippen molar-refractivity contribution in [2.24, 2.45) is 5.92 Å². The highest BCUT2D eigenvalue weighted by atomic mass is 35.5. The summed E-state index contributed by atoms with van der Waals surface area (Å²) in [5, 5.41) is 3.59. The van der Waals surface area contributed by atoms with Crippen molar-refractivity contribution in [3.63, 3.8) is 0 Å². The molecule has 24 heavy (non-hydrogen) atoms. The zero-order chi connectivity index (χ0) is 17.7. The summed E-state index contributed by atoms with van der Waals surface area (Å²) in [6, 6.07) is 6.78. The van der Waals surface area contributed by atoms with Crippen LogP contribution in [0.4, 0.5) is 0 Å². The number of nitrogens with one attached hydrogen (secondary N) is 1. The van der Waals surface area contributed by atoms with Crippen LogP contribution in [0.1, 0.15) is 31.1 Å². The third-order valence-electron chi connectivity index (χ3n) is 4.30. The fourth-order valence-electron chi connectivity index (χ4n) is 2.71. The van der Waals surface area contributed by atoms with Crippen molar-refractivity contribution >= 4 is 23.4 Å². The lowest BCUT2D eigenvalue weighted by molar-refractivity contribution is -0.126. The Bertz CT molecular complexity index is 566. The van der Waals surface area contributed by atoms with Crippen molar-refractivity contribution in [1.82, 2.24) is 15.1 Å². The fraction of sp³-hybridized carbons (Fsp3) is 0.556. The minimum Gasteiger partial charge on any atom is -0.354 e. The van der Waals surface area contributed by atoms with Crippen LogP contribution < -0.4 is 5.32 Å². The van der Waals surface area contributed by atoms with Crippen molar-refractivity contribution in [1.29, 1.82) is 0 Å². The Morgan fingerprint density at radius 3 is 2.21 bits per heavy atom. The maximum atomic E-state index is 12.5. The molecule has 2 rings (SSSR count). The molecule has 6 heteroatoms. The quantitative estimate of drug-likeness (QED) is 0.885. The zero-order valence-electron chi connectivity index (χ0n) is 14.6. The Kier molecular flexibility index (Phi) is 6.63. The second kappa shape index (κ2) is 8.49. The van der Waals surface area contributed by atoms with Gasteiger partial charge in [0.05, 0.1) is 6.04 Å². The fourth-order valence-corrected chi connectivity index (χ4v) is 2.83. The van der Waals surface area contributed by atoms with Crippen molar-refractivity contribution in [2.75, 3.05) is 32.7 Å². The predicted octanol–water partition coefficient (Wildman–Crippen LogP) is 2.26. The Morgan fingerprint density at radius 2 is 1.67 bits per heavy atom. The van der Waals surface area contributed by atoms with E-state index >= 15 is 0 Å². The maximum absolute atomic E-state index is 12.5. The van der Waals surface area contributed by atoms with Crippen LogP contribution in [0.5, 0.6) is 0 Å². The van der Waals surface area contributed by atoms with Crippen LogP contribution in [0.2, 0.25) is 5.02 Å². The standard InChI is InChI=1S/C18H26ClN3O2/c1-13(2)12-20-17(23)14(3)21-8-10-22(11-9-21)18(24)15-4-6-16(19)7-5-15/h4-7,13-14H,8-12H2,1-3H3,(H,20,23). The van der Waals surface area contributed by atoms with Gasteiger partial charge < -0.3 is 10.2 Å². The normalized spacial score (nSPS) is 17.0. The topological polar surface area (TPSA) is 52.7 Å². The highest BCUT2D eigenvalue weighted by molar-refractivity contribution is 6.30. The van der Waals surface area contributed by atoms with Gasteiger partial charge in [-0.05, 0) is 37.1 Å². The molecule has 5 nitrogen and oxygen atoms in total. The molecule has 1 fully saturated rings. The number of carbonyl (C=O) groups excluding carboxylic acids is 2. The minimum absolute atomic E-state index is 0.0169. The Labute approximate surface area is 149 Å². The SMILES string of the molecule is CC(C)CNC(=O)C(C)N1CCN(C(=O)c2ccc(Cl)cc2)CC1. The van der Waals surface area contributed by atoms with Gasteiger partial charge in [-0.25, -0.2) is 0 Å². The van der Waals surface area contributed by atoms with E-state index in [2.05, 4.69) is 24.1 Å². The number of rotatable bonds is 5. The Hall–Kier alpha value is -1.59. The summed E-state index contributed by atoms with van der Waals surface area (Å²) in [4.78, 5) is 28.6. The number of amides is 2. The molecular weight excluding hydrogens is 326 g/mol. The number of hydrogen-bond acceptors (Lipinski definition) is 3. The molecule has 0 radical (unpaired) electrons. The summed E-state index contributed by atoms with van der Waals surface area (Å²) < 4.78 is 0. The van der Waals surface area contributed by atoms with Gasteiger partial charge in [-0.3, -0.25) is 14.5 Å². The minimum atomic E-state index is -0.170. The van der Waals surface area contributed by atoms with E-state index in [1.807, 2.05) is 11.8 Å². The molecule has 1 aromatic carbocycles. The molecule has 0 aromatic heterocycles. The first-order valence-electron chi connectivity index (χ1n) is 8.45. The zero-order valence-corrected chi connectivity index (χ0v) is 15.3. The van der Waals surface area contributed by atoms with Gasteiger partial charge in [0, 0.05) is 43.3 Å². The molecule has 1 unspecified atom stereocenters. The third kappa shape index (κ3) is 4.95. The average Bonchev–Trinajstić information content (AvgIpc) is 2.59. The first kappa shape index (κ1) is 18.7. The van der Waals surface area contributed by atoms with E-state index in [4.69, 9.17) is 11.6 Å². The van der Waals surface area contributed by atoms with E-state index in [1.54, 1.807) is 24.3 Å². The second-order valence-corrected chi connectivity index (χ2v) is 7.09. The van der Waals surface area contributed by atoms with Crippen molar-refractivity contribution in [3.05, 3.63) is 34.9 Å². The highest BCUT2D eigenvalue weighted by Gasteiger charge is 2.27. The summed E-state index contributed by atoms with van der Waals surface area (Å²) in [5.74, 6) is 0.513. The van der Waals surface area contributed by atoms with Gasteiger partial charge in [0.25, 0.3) is 5.91 Å². The number of nitrogens with zero attached hydrogens (tertiary/aromatic N) is 2. The van der Waals surface area contributed by atoms with Gasteiger partial charge in [0.1, 0.15) is 0 Å². The first-order valence-corrected chi connectivity index (χ1v) is 8.83. The van der Waals surface area contributed by atoms with Crippen LogP contribution in [0.3, 0.4) is 0 Å². The maximum Gasteiger partial charge on any atom is 0.253 e. The molecule has 0 bridgehead atoms. The number of piperazine rings is 1. The van der Waals surface area contributed by atoms with Crippen LogP contribution in [0.25, 0.3) is 0 Å². The van der Waals surface area contributed by atoms with Crippen molar-refractivity contribution < 1.29 is 9.59 Å². The van der Waals surface area contributed by atoms with E-state index < -0.39 is 0 Å². The summed E-state index contributed by atoms with van der Waals surface area (Å²) >= 11 is 5.86. The Balaban J connectivity index is 1.85. The molecule has 1 aliphatic heterocycles. The van der Waals surface area contributed by atoms with Gasteiger partial charge in [-0.2, -0.15) is 0 Å². The van der Waals surface area contributed by atoms with Gasteiger partial charge in [-0.15, -0.1) is 0 Å². The molecule has 1 heterocycles. The number of hydrogen-bond donors (Lipinski definition) is 1. The third-order valence-corrected chi connectivity index (χ3v) is 4.56. The van der Waals surface area contributed by atoms with E-state index in [9.17, 15) is 9.59 Å². The summed E-state index contributed by atoms with van der Waals surface area (Å²) in [6.07, 6.45) is 0. The summed E-state index contributed by atoms with van der Waals surface area (Å²) in [5.41, 5.74) is 0.649. The Morgan fingerprint density at radius 1 is 1.08 bits per heavy atom. The smallest absolute Gasteiger partial charge is 0.253 e. The number of carbonyl (C=O) groups is 2. The molecule has 1 aromatic rings. The average molecular weight is 352 g/mol. The molecular formula is C18H26ClN3O2. The molecule has 0 spiro atoms. The van der Waals surface area contributed by atoms with Gasteiger partial charge in [0.2, 0.25) is 5.91 Å². The largest absolute Gasteiger partial charge is 0.354 e. The van der Waals surface area contributed by atoms with E-state index in [-0.39, 0.29) is 17.9 Å². The molecule has 1 N–H and O–H groups in total. The number of benzene rings is 1. The molecule has 2 amide bonds. The monoisotopic (exact) mass is 351 g/mol. The van der Waals surface area contributed by atoms with Crippen molar-refractivity contribution in [2.45, 2.75) is 26.8 Å². The van der Waals surface area contributed by atoms with Gasteiger partial charge >= 0.3 is 0 Å². The van der Waals surface area contributed by atoms with E-state index in [0.717, 1.165) is 0 Å². The van der Waals surface area contributed by atoms with Gasteiger partial charge in [-0.1, -0.05) is 25.4 Å². The van der Waals surface area contributed by atoms with E-state index in [1.165, 1.54) is 0 Å². The van der Waals surface area contributed by atoms with Crippen LogP contribution >= 0.6 is 11.6 Å². The molecule has 0 saturated carbocycles. The van der Waals surface area contributed by atoms with Crippen LogP contribution in [-0.2, 0) is 4.79 Å². The van der Waals surface area contributed by atoms with Crippen LogP contribution in [0.15, 0.2) is 24.3 Å². The molecule has 1 atom stereocenters. The highest BCUT2D eigenvalue weighted by Crippen LogP contribution is 2.14. The molecule has 0 aliphatic carbocycles. The van der Waals surface area contributed by atoms with Crippen molar-refractivity contribution in [3.8, 4) is 0 Å². The second-order valence-electron chi connectivity index (χ2n) is 6.65. The summed E-state index contributed by atoms with van der Waals surface area (Å²) in [7, 11) is 0. The van der Waals surface area contributed by atoms with Gasteiger partial charge in [0.15, 0.2) is 0 Å². The first-order chi connectivity index (χ1) is 11.4. The summed E-state index contributed by atoms with van der Waals surface area (Å²) in [6.45, 7) is 9.43. The lowest BCUT2D eigenvalue weighted by Crippen LogP contribution is -2.55. The molecule has 1 aliphatic rings. The van der Waals surface area contributed by atoms with E-state index in [0.29, 0.717) is 49.2 Å². The lowest BCUT2D eigenvalue weighted by atomic mass is 10.1. The van der Waals surface area contributed by atoms with Crippen LogP contribution in [0, 0.1) is 5.92 Å². The number of halogens is 1. The predicted molar refractivity (Wildman–Crippen MR) is 96.2 cm³/mol. The molecule has 132 valence electrons. The molecule has 1 saturated heterocycles.